The van der Waals surface area contributed by atoms with Gasteiger partial charge in [0.1, 0.15) is 5.65 Å². The third kappa shape index (κ3) is 2.49. The maximum atomic E-state index is 4.83. The zero-order valence-corrected chi connectivity index (χ0v) is 12.4. The van der Waals surface area contributed by atoms with Crippen molar-refractivity contribution in [2.24, 2.45) is 0 Å². The summed E-state index contributed by atoms with van der Waals surface area (Å²) in [7, 11) is 0. The molecule has 0 radical (unpaired) electrons. The summed E-state index contributed by atoms with van der Waals surface area (Å²) in [4.78, 5) is 11.6. The van der Waals surface area contributed by atoms with Gasteiger partial charge in [0, 0.05) is 56.9 Å². The van der Waals surface area contributed by atoms with E-state index in [1.807, 2.05) is 18.3 Å². The number of aromatic nitrogens is 3. The molecule has 3 aromatic heterocycles. The van der Waals surface area contributed by atoms with Gasteiger partial charge in [-0.05, 0) is 24.3 Å². The molecule has 5 heteroatoms. The number of pyridine rings is 2. The second-order valence-corrected chi connectivity index (χ2v) is 5.60. The van der Waals surface area contributed by atoms with Crippen LogP contribution in [-0.2, 0) is 6.54 Å². The third-order valence-electron chi connectivity index (χ3n) is 4.15. The average Bonchev–Trinajstić information content (AvgIpc) is 2.95. The molecule has 22 heavy (non-hydrogen) atoms. The van der Waals surface area contributed by atoms with E-state index in [9.17, 15) is 0 Å². The van der Waals surface area contributed by atoms with Crippen LogP contribution in [0.25, 0.3) is 16.9 Å². The summed E-state index contributed by atoms with van der Waals surface area (Å²) in [6.45, 7) is 5.17. The van der Waals surface area contributed by atoms with Gasteiger partial charge in [-0.3, -0.25) is 9.88 Å². The molecule has 3 aromatic rings. The summed E-state index contributed by atoms with van der Waals surface area (Å²) in [6, 6.07) is 10.2. The van der Waals surface area contributed by atoms with Gasteiger partial charge in [-0.15, -0.1) is 0 Å². The highest BCUT2D eigenvalue weighted by molar-refractivity contribution is 5.65. The van der Waals surface area contributed by atoms with Crippen molar-refractivity contribution in [3.8, 4) is 11.3 Å². The molecule has 1 fully saturated rings. The molecule has 112 valence electrons. The second-order valence-electron chi connectivity index (χ2n) is 5.60. The Morgan fingerprint density at radius 2 is 2.00 bits per heavy atom. The number of fused-ring (bicyclic) bond motifs is 1. The molecule has 0 bridgehead atoms. The van der Waals surface area contributed by atoms with E-state index in [-0.39, 0.29) is 0 Å². The number of imidazole rings is 1. The van der Waals surface area contributed by atoms with Gasteiger partial charge >= 0.3 is 0 Å². The Balaban J connectivity index is 1.79. The number of nitrogens with one attached hydrogen (secondary N) is 1. The minimum atomic E-state index is 0.914. The fraction of sp³-hybridized carbons (Fsp3) is 0.294. The van der Waals surface area contributed by atoms with Gasteiger partial charge in [-0.2, -0.15) is 0 Å². The lowest BCUT2D eigenvalue weighted by molar-refractivity contribution is 0.230. The van der Waals surface area contributed by atoms with Crippen molar-refractivity contribution in [1.29, 1.82) is 0 Å². The quantitative estimate of drug-likeness (QED) is 0.800. The van der Waals surface area contributed by atoms with E-state index in [1.165, 1.54) is 5.69 Å². The van der Waals surface area contributed by atoms with Gasteiger partial charge in [0.05, 0.1) is 11.4 Å². The Bertz CT molecular complexity index is 759. The van der Waals surface area contributed by atoms with Gasteiger partial charge in [-0.1, -0.05) is 6.07 Å². The van der Waals surface area contributed by atoms with Crippen LogP contribution < -0.4 is 5.32 Å². The van der Waals surface area contributed by atoms with Crippen molar-refractivity contribution in [1.82, 2.24) is 24.6 Å². The van der Waals surface area contributed by atoms with Gasteiger partial charge in [-0.25, -0.2) is 4.98 Å². The molecule has 0 saturated carbocycles. The lowest BCUT2D eigenvalue weighted by Gasteiger charge is -2.27. The van der Waals surface area contributed by atoms with E-state index in [4.69, 9.17) is 4.98 Å². The Morgan fingerprint density at radius 3 is 2.82 bits per heavy atom. The molecule has 4 heterocycles. The van der Waals surface area contributed by atoms with Crippen molar-refractivity contribution in [3.63, 3.8) is 0 Å². The smallest absolute Gasteiger partial charge is 0.137 e. The molecule has 0 spiro atoms. The highest BCUT2D eigenvalue weighted by atomic mass is 15.2. The van der Waals surface area contributed by atoms with Crippen molar-refractivity contribution in [2.45, 2.75) is 6.54 Å². The first-order valence-electron chi connectivity index (χ1n) is 7.71. The Labute approximate surface area is 129 Å². The van der Waals surface area contributed by atoms with Crippen LogP contribution in [0.3, 0.4) is 0 Å². The number of hydrogen-bond donors (Lipinski definition) is 1. The van der Waals surface area contributed by atoms with Gasteiger partial charge < -0.3 is 9.72 Å². The zero-order valence-electron chi connectivity index (χ0n) is 12.4. The van der Waals surface area contributed by atoms with Crippen molar-refractivity contribution in [2.75, 3.05) is 26.2 Å². The van der Waals surface area contributed by atoms with Crippen molar-refractivity contribution >= 4 is 5.65 Å². The molecular formula is C17H19N5. The molecule has 1 N–H and O–H groups in total. The maximum Gasteiger partial charge on any atom is 0.137 e. The first-order valence-corrected chi connectivity index (χ1v) is 7.71. The van der Waals surface area contributed by atoms with Gasteiger partial charge in [0.15, 0.2) is 0 Å². The number of rotatable bonds is 3. The van der Waals surface area contributed by atoms with E-state index in [1.54, 1.807) is 6.20 Å². The van der Waals surface area contributed by atoms with Crippen LogP contribution in [0.2, 0.25) is 0 Å². The standard InChI is InChI=1S/C17H19N5/c1-2-9-22-15(13-21-10-7-18-8-11-21)17(20-16(22)5-1)14-4-3-6-19-12-14/h1-6,9,12,18H,7-8,10-11,13H2. The molecule has 0 aromatic carbocycles. The molecule has 1 aliphatic heterocycles. The molecule has 1 saturated heterocycles. The SMILES string of the molecule is c1cncc(-c2nc3ccccn3c2CN2CCNCC2)c1. The molecule has 5 nitrogen and oxygen atoms in total. The molecule has 0 atom stereocenters. The maximum absolute atomic E-state index is 4.83. The molecule has 0 aliphatic carbocycles. The fourth-order valence-electron chi connectivity index (χ4n) is 3.01. The topological polar surface area (TPSA) is 45.5 Å². The molecule has 0 unspecified atom stereocenters. The van der Waals surface area contributed by atoms with Crippen LogP contribution in [-0.4, -0.2) is 45.4 Å². The van der Waals surface area contributed by atoms with Crippen LogP contribution in [0.1, 0.15) is 5.69 Å². The lowest BCUT2D eigenvalue weighted by Crippen LogP contribution is -2.43. The van der Waals surface area contributed by atoms with Crippen LogP contribution in [0.15, 0.2) is 48.9 Å². The van der Waals surface area contributed by atoms with Crippen LogP contribution in [0.4, 0.5) is 0 Å². The molecular weight excluding hydrogens is 274 g/mol. The Hall–Kier alpha value is -2.24. The van der Waals surface area contributed by atoms with Gasteiger partial charge in [0.2, 0.25) is 0 Å². The summed E-state index contributed by atoms with van der Waals surface area (Å²) >= 11 is 0. The molecule has 0 amide bonds. The van der Waals surface area contributed by atoms with Crippen molar-refractivity contribution in [3.05, 3.63) is 54.6 Å². The summed E-state index contributed by atoms with van der Waals surface area (Å²) in [5.74, 6) is 0. The summed E-state index contributed by atoms with van der Waals surface area (Å²) in [6.07, 6.45) is 5.79. The largest absolute Gasteiger partial charge is 0.314 e. The van der Waals surface area contributed by atoms with Crippen LogP contribution >= 0.6 is 0 Å². The Morgan fingerprint density at radius 1 is 1.09 bits per heavy atom. The number of hydrogen-bond acceptors (Lipinski definition) is 4. The summed E-state index contributed by atoms with van der Waals surface area (Å²) in [5.41, 5.74) is 4.35. The van der Waals surface area contributed by atoms with Gasteiger partial charge in [0.25, 0.3) is 0 Å². The molecule has 4 rings (SSSR count). The first-order chi connectivity index (χ1) is 10.9. The highest BCUT2D eigenvalue weighted by Gasteiger charge is 2.18. The normalized spacial score (nSPS) is 16.2. The van der Waals surface area contributed by atoms with E-state index < -0.39 is 0 Å². The fourth-order valence-corrected chi connectivity index (χ4v) is 3.01. The monoisotopic (exact) mass is 293 g/mol. The van der Waals surface area contributed by atoms with E-state index in [0.29, 0.717) is 0 Å². The second kappa shape index (κ2) is 5.87. The average molecular weight is 293 g/mol. The predicted octanol–water partition coefficient (Wildman–Crippen LogP) is 1.80. The zero-order chi connectivity index (χ0) is 14.8. The predicted molar refractivity (Wildman–Crippen MR) is 86.6 cm³/mol. The van der Waals surface area contributed by atoms with Crippen LogP contribution in [0, 0.1) is 0 Å². The minimum Gasteiger partial charge on any atom is -0.314 e. The lowest BCUT2D eigenvalue weighted by atomic mass is 10.1. The van der Waals surface area contributed by atoms with E-state index in [0.717, 1.165) is 49.6 Å². The van der Waals surface area contributed by atoms with Crippen LogP contribution in [0.5, 0.6) is 0 Å². The van der Waals surface area contributed by atoms with Crippen molar-refractivity contribution < 1.29 is 0 Å². The molecule has 1 aliphatic rings. The summed E-state index contributed by atoms with van der Waals surface area (Å²) in [5, 5.41) is 3.40. The Kier molecular flexibility index (Phi) is 3.58. The summed E-state index contributed by atoms with van der Waals surface area (Å²) < 4.78 is 2.20. The van der Waals surface area contributed by atoms with E-state index >= 15 is 0 Å². The number of piperazine rings is 1. The third-order valence-corrected chi connectivity index (χ3v) is 4.15. The number of nitrogens with zero attached hydrogens (tertiary/aromatic N) is 4. The highest BCUT2D eigenvalue weighted by Crippen LogP contribution is 2.25. The van der Waals surface area contributed by atoms with E-state index in [2.05, 4.69) is 44.0 Å². The minimum absolute atomic E-state index is 0.914. The first kappa shape index (κ1) is 13.4.